The number of amides is 2. The van der Waals surface area contributed by atoms with Gasteiger partial charge in [0.05, 0.1) is 17.4 Å². The average Bonchev–Trinajstić information content (AvgIpc) is 3.13. The Morgan fingerprint density at radius 2 is 1.59 bits per heavy atom. The molecule has 0 radical (unpaired) electrons. The van der Waals surface area contributed by atoms with Crippen LogP contribution in [0.15, 0.2) is 88.3 Å². The predicted octanol–water partition coefficient (Wildman–Crippen LogP) is 5.84. The molecule has 188 valence electrons. The topological polar surface area (TPSA) is 66.9 Å². The lowest BCUT2D eigenvalue weighted by atomic mass is 9.99. The van der Waals surface area contributed by atoms with Crippen LogP contribution in [0.25, 0.3) is 0 Å². The predicted molar refractivity (Wildman–Crippen MR) is 144 cm³/mol. The van der Waals surface area contributed by atoms with Gasteiger partial charge in [-0.1, -0.05) is 47.6 Å². The third-order valence-corrected chi connectivity index (χ3v) is 7.53. The fourth-order valence-electron chi connectivity index (χ4n) is 4.44. The van der Waals surface area contributed by atoms with Crippen molar-refractivity contribution in [1.29, 1.82) is 0 Å². The van der Waals surface area contributed by atoms with Crippen molar-refractivity contribution >= 4 is 46.8 Å². The van der Waals surface area contributed by atoms with Crippen molar-refractivity contribution in [3.05, 3.63) is 105 Å². The molecular weight excluding hydrogens is 508 g/mol. The summed E-state index contributed by atoms with van der Waals surface area (Å²) in [5.74, 6) is -1.22. The maximum Gasteiger partial charge on any atom is 0.338 e. The number of thioether (sulfide) groups is 1. The van der Waals surface area contributed by atoms with E-state index in [2.05, 4.69) is 12.1 Å². The van der Waals surface area contributed by atoms with Crippen molar-refractivity contribution in [2.75, 3.05) is 11.4 Å². The molecule has 0 saturated heterocycles. The molecule has 2 aliphatic heterocycles. The summed E-state index contributed by atoms with van der Waals surface area (Å²) in [6, 6.07) is 21.7. The third-order valence-electron chi connectivity index (χ3n) is 6.20. The van der Waals surface area contributed by atoms with Crippen LogP contribution in [0.2, 0.25) is 5.02 Å². The summed E-state index contributed by atoms with van der Waals surface area (Å²) in [6.07, 6.45) is 0.537. The van der Waals surface area contributed by atoms with Crippen LogP contribution in [-0.4, -0.2) is 35.3 Å². The molecule has 0 fully saturated rings. The number of hydrogen-bond acceptors (Lipinski definition) is 6. The van der Waals surface area contributed by atoms with E-state index in [1.165, 1.54) is 22.2 Å². The van der Waals surface area contributed by atoms with Gasteiger partial charge in [0.1, 0.15) is 10.6 Å². The van der Waals surface area contributed by atoms with E-state index < -0.39 is 11.9 Å². The number of ether oxygens (including phenoxy) is 1. The summed E-state index contributed by atoms with van der Waals surface area (Å²) in [4.78, 5) is 44.2. The summed E-state index contributed by atoms with van der Waals surface area (Å²) in [5.41, 5.74) is 3.54. The molecule has 0 bridgehead atoms. The number of halogens is 1. The lowest BCUT2D eigenvalue weighted by molar-refractivity contribution is -0.121. The Balaban J connectivity index is 1.49. The molecule has 0 saturated carbocycles. The Morgan fingerprint density at radius 3 is 2.27 bits per heavy atom. The number of anilines is 1. The Hall–Kier alpha value is -3.55. The molecule has 2 aliphatic rings. The van der Waals surface area contributed by atoms with E-state index in [0.29, 0.717) is 40.0 Å². The number of imide groups is 1. The van der Waals surface area contributed by atoms with Gasteiger partial charge in [-0.05, 0) is 79.9 Å². The molecule has 3 aromatic carbocycles. The maximum absolute atomic E-state index is 13.8. The molecule has 2 amide bonds. The van der Waals surface area contributed by atoms with Gasteiger partial charge in [0.15, 0.2) is 0 Å². The van der Waals surface area contributed by atoms with Crippen LogP contribution < -0.4 is 4.90 Å². The van der Waals surface area contributed by atoms with Gasteiger partial charge in [0, 0.05) is 23.0 Å². The smallest absolute Gasteiger partial charge is 0.338 e. The minimum atomic E-state index is -0.453. The number of rotatable bonds is 6. The summed E-state index contributed by atoms with van der Waals surface area (Å²) < 4.78 is 5.25. The fourth-order valence-corrected chi connectivity index (χ4v) is 5.56. The van der Waals surface area contributed by atoms with Gasteiger partial charge in [-0.3, -0.25) is 9.59 Å². The highest BCUT2D eigenvalue weighted by Gasteiger charge is 2.43. The Labute approximate surface area is 224 Å². The molecule has 37 heavy (non-hydrogen) atoms. The highest BCUT2D eigenvalue weighted by atomic mass is 35.5. The quantitative estimate of drug-likeness (QED) is 0.293. The fraction of sp³-hybridized carbons (Fsp3) is 0.207. The van der Waals surface area contributed by atoms with Crippen molar-refractivity contribution in [1.82, 2.24) is 4.90 Å². The van der Waals surface area contributed by atoms with Gasteiger partial charge in [-0.25, -0.2) is 9.69 Å². The van der Waals surface area contributed by atoms with Gasteiger partial charge in [0.2, 0.25) is 0 Å². The van der Waals surface area contributed by atoms with Gasteiger partial charge >= 0.3 is 5.97 Å². The summed E-state index contributed by atoms with van der Waals surface area (Å²) >= 11 is 7.31. The first-order valence-corrected chi connectivity index (χ1v) is 13.2. The first-order valence-electron chi connectivity index (χ1n) is 12.0. The standard InChI is InChI=1S/C29H25ClN2O4S/c1-18(2)36-29(35)20-7-11-23(12-8-20)32-27(33)25(31-16-15-19-5-3-4-6-21(19)17-31)26(28(32)34)37-24-13-9-22(30)10-14-24/h3-14,18H,15-17H2,1-2H3. The summed E-state index contributed by atoms with van der Waals surface area (Å²) in [5, 5.41) is 0.595. The number of esters is 1. The maximum atomic E-state index is 13.8. The van der Waals surface area contributed by atoms with Crippen molar-refractivity contribution in [2.24, 2.45) is 0 Å². The number of carbonyl (C=O) groups is 3. The molecule has 3 aromatic rings. The zero-order valence-corrected chi connectivity index (χ0v) is 22.0. The van der Waals surface area contributed by atoms with Gasteiger partial charge in [-0.2, -0.15) is 0 Å². The molecule has 0 aliphatic carbocycles. The second-order valence-corrected chi connectivity index (χ2v) is 10.6. The van der Waals surface area contributed by atoms with Crippen molar-refractivity contribution < 1.29 is 19.1 Å². The number of carbonyl (C=O) groups excluding carboxylic acids is 3. The van der Waals surface area contributed by atoms with Gasteiger partial charge in [0.25, 0.3) is 11.8 Å². The second-order valence-electron chi connectivity index (χ2n) is 9.12. The molecule has 5 rings (SSSR count). The average molecular weight is 533 g/mol. The zero-order valence-electron chi connectivity index (χ0n) is 20.4. The van der Waals surface area contributed by atoms with Crippen LogP contribution >= 0.6 is 23.4 Å². The Bertz CT molecular complexity index is 1400. The first kappa shape index (κ1) is 25.1. The molecule has 0 atom stereocenters. The van der Waals surface area contributed by atoms with E-state index in [1.54, 1.807) is 50.2 Å². The van der Waals surface area contributed by atoms with Gasteiger partial charge in [-0.15, -0.1) is 0 Å². The zero-order chi connectivity index (χ0) is 26.1. The molecular formula is C29H25ClN2O4S. The van der Waals surface area contributed by atoms with E-state index in [1.807, 2.05) is 29.2 Å². The molecule has 0 unspecified atom stereocenters. The highest BCUT2D eigenvalue weighted by molar-refractivity contribution is 8.04. The van der Waals surface area contributed by atoms with E-state index in [-0.39, 0.29) is 12.0 Å². The second kappa shape index (κ2) is 10.4. The van der Waals surface area contributed by atoms with Crippen molar-refractivity contribution in [2.45, 2.75) is 37.8 Å². The number of fused-ring (bicyclic) bond motifs is 1. The summed E-state index contributed by atoms with van der Waals surface area (Å²) in [7, 11) is 0. The van der Waals surface area contributed by atoms with Crippen LogP contribution in [0.1, 0.15) is 35.3 Å². The highest BCUT2D eigenvalue weighted by Crippen LogP contribution is 2.40. The molecule has 0 aromatic heterocycles. The molecule has 0 N–H and O–H groups in total. The SMILES string of the molecule is CC(C)OC(=O)c1ccc(N2C(=O)C(Sc3ccc(Cl)cc3)=C(N3CCc4ccccc4C3)C2=O)cc1. The van der Waals surface area contributed by atoms with Crippen molar-refractivity contribution in [3.63, 3.8) is 0 Å². The Kier molecular flexibility index (Phi) is 7.09. The van der Waals surface area contributed by atoms with E-state index in [4.69, 9.17) is 16.3 Å². The van der Waals surface area contributed by atoms with E-state index in [0.717, 1.165) is 16.9 Å². The minimum Gasteiger partial charge on any atom is -0.459 e. The number of hydrogen-bond donors (Lipinski definition) is 0. The van der Waals surface area contributed by atoms with Crippen LogP contribution in [-0.2, 0) is 27.3 Å². The monoisotopic (exact) mass is 532 g/mol. The Morgan fingerprint density at radius 1 is 0.919 bits per heavy atom. The minimum absolute atomic E-state index is 0.247. The first-order chi connectivity index (χ1) is 17.8. The van der Waals surface area contributed by atoms with E-state index >= 15 is 0 Å². The third kappa shape index (κ3) is 5.15. The van der Waals surface area contributed by atoms with E-state index in [9.17, 15) is 14.4 Å². The molecule has 6 nitrogen and oxygen atoms in total. The molecule has 0 spiro atoms. The van der Waals surface area contributed by atoms with Gasteiger partial charge < -0.3 is 9.64 Å². The molecule has 8 heteroatoms. The lowest BCUT2D eigenvalue weighted by Crippen LogP contribution is -2.37. The number of nitrogens with zero attached hydrogens (tertiary/aromatic N) is 2. The number of benzene rings is 3. The molecule has 2 heterocycles. The summed E-state index contributed by atoms with van der Waals surface area (Å²) in [6.45, 7) is 4.73. The lowest BCUT2D eigenvalue weighted by Gasteiger charge is -2.31. The van der Waals surface area contributed by atoms with Crippen LogP contribution in [0.4, 0.5) is 5.69 Å². The van der Waals surface area contributed by atoms with Crippen molar-refractivity contribution in [3.8, 4) is 0 Å². The van der Waals surface area contributed by atoms with Crippen LogP contribution in [0.3, 0.4) is 0 Å². The normalized spacial score (nSPS) is 15.5. The van der Waals surface area contributed by atoms with Crippen LogP contribution in [0, 0.1) is 0 Å². The largest absolute Gasteiger partial charge is 0.459 e. The van der Waals surface area contributed by atoms with Crippen LogP contribution in [0.5, 0.6) is 0 Å².